The van der Waals surface area contributed by atoms with Crippen molar-refractivity contribution in [3.8, 4) is 5.75 Å². The van der Waals surface area contributed by atoms with Crippen molar-refractivity contribution in [2.45, 2.75) is 32.5 Å². The van der Waals surface area contributed by atoms with Crippen LogP contribution in [-0.2, 0) is 4.74 Å². The van der Waals surface area contributed by atoms with E-state index in [2.05, 4.69) is 0 Å². The first-order chi connectivity index (χ1) is 9.34. The number of nitrogens with zero attached hydrogens (tertiary/aromatic N) is 1. The second-order valence-electron chi connectivity index (χ2n) is 5.87. The van der Waals surface area contributed by atoms with Gasteiger partial charge in [0.05, 0.1) is 11.7 Å². The van der Waals surface area contributed by atoms with Crippen LogP contribution in [0, 0.1) is 6.92 Å². The summed E-state index contributed by atoms with van der Waals surface area (Å²) >= 11 is 0. The molecule has 1 saturated heterocycles. The Hall–Kier alpha value is -1.59. The summed E-state index contributed by atoms with van der Waals surface area (Å²) in [5.41, 5.74) is 6.39. The van der Waals surface area contributed by atoms with Crippen LogP contribution < -0.4 is 5.73 Å². The van der Waals surface area contributed by atoms with E-state index in [0.717, 1.165) is 0 Å². The summed E-state index contributed by atoms with van der Waals surface area (Å²) in [5.74, 6) is 0.0481. The summed E-state index contributed by atoms with van der Waals surface area (Å²) in [5, 5.41) is 9.73. The van der Waals surface area contributed by atoms with E-state index in [1.807, 2.05) is 13.8 Å². The quantitative estimate of drug-likeness (QED) is 0.854. The Kier molecular flexibility index (Phi) is 4.01. The highest BCUT2D eigenvalue weighted by atomic mass is 16.5. The molecule has 1 aromatic rings. The fourth-order valence-corrected chi connectivity index (χ4v) is 2.60. The summed E-state index contributed by atoms with van der Waals surface area (Å²) in [7, 11) is 0. The third-order valence-corrected chi connectivity index (χ3v) is 3.57. The largest absolute Gasteiger partial charge is 0.508 e. The number of amides is 1. The lowest BCUT2D eigenvalue weighted by atomic mass is 10.0. The minimum atomic E-state index is -0.414. The van der Waals surface area contributed by atoms with Crippen LogP contribution in [0.2, 0.25) is 0 Å². The third kappa shape index (κ3) is 2.94. The van der Waals surface area contributed by atoms with Crippen LogP contribution in [-0.4, -0.2) is 47.3 Å². The second-order valence-corrected chi connectivity index (χ2v) is 5.87. The van der Waals surface area contributed by atoms with E-state index in [-0.39, 0.29) is 17.8 Å². The van der Waals surface area contributed by atoms with Gasteiger partial charge in [-0.15, -0.1) is 0 Å². The van der Waals surface area contributed by atoms with Gasteiger partial charge in [-0.1, -0.05) is 6.07 Å². The maximum Gasteiger partial charge on any atom is 0.254 e. The molecule has 5 nitrogen and oxygen atoms in total. The smallest absolute Gasteiger partial charge is 0.254 e. The molecule has 0 radical (unpaired) electrons. The molecule has 20 heavy (non-hydrogen) atoms. The van der Waals surface area contributed by atoms with Crippen LogP contribution in [0.3, 0.4) is 0 Å². The molecule has 1 aromatic carbocycles. The van der Waals surface area contributed by atoms with Crippen molar-refractivity contribution in [2.24, 2.45) is 5.73 Å². The molecule has 0 aromatic heterocycles. The highest BCUT2D eigenvalue weighted by Gasteiger charge is 2.35. The van der Waals surface area contributed by atoms with Crippen LogP contribution in [0.5, 0.6) is 5.75 Å². The van der Waals surface area contributed by atoms with Crippen molar-refractivity contribution in [1.29, 1.82) is 0 Å². The Morgan fingerprint density at radius 3 is 2.90 bits per heavy atom. The fourth-order valence-electron chi connectivity index (χ4n) is 2.60. The molecule has 1 aliphatic heterocycles. The number of benzene rings is 1. The van der Waals surface area contributed by atoms with E-state index in [1.165, 1.54) is 0 Å². The normalized spacial score (nSPS) is 21.8. The molecule has 110 valence electrons. The first-order valence-corrected chi connectivity index (χ1v) is 6.80. The summed E-state index contributed by atoms with van der Waals surface area (Å²) in [4.78, 5) is 14.4. The minimum Gasteiger partial charge on any atom is -0.508 e. The third-order valence-electron chi connectivity index (χ3n) is 3.57. The van der Waals surface area contributed by atoms with Gasteiger partial charge in [0.25, 0.3) is 5.91 Å². The van der Waals surface area contributed by atoms with Gasteiger partial charge in [0.15, 0.2) is 0 Å². The van der Waals surface area contributed by atoms with Gasteiger partial charge in [0.2, 0.25) is 0 Å². The van der Waals surface area contributed by atoms with Gasteiger partial charge in [-0.3, -0.25) is 4.79 Å². The van der Waals surface area contributed by atoms with Gasteiger partial charge < -0.3 is 20.5 Å². The molecule has 0 spiro atoms. The number of morpholine rings is 1. The maximum absolute atomic E-state index is 12.6. The van der Waals surface area contributed by atoms with Crippen LogP contribution in [0.15, 0.2) is 18.2 Å². The summed E-state index contributed by atoms with van der Waals surface area (Å²) in [6, 6.07) is 5.00. The molecule has 5 heteroatoms. The highest BCUT2D eigenvalue weighted by Crippen LogP contribution is 2.25. The number of phenolic OH excluding ortho intramolecular Hbond substituents is 1. The van der Waals surface area contributed by atoms with Crippen molar-refractivity contribution < 1.29 is 14.6 Å². The molecular formula is C15H22N2O3. The minimum absolute atomic E-state index is 0.0896. The number of rotatable bonds is 2. The van der Waals surface area contributed by atoms with E-state index < -0.39 is 5.60 Å². The monoisotopic (exact) mass is 278 g/mol. The summed E-state index contributed by atoms with van der Waals surface area (Å²) < 4.78 is 5.82. The average molecular weight is 278 g/mol. The number of phenols is 1. The predicted molar refractivity (Wildman–Crippen MR) is 76.8 cm³/mol. The number of nitrogens with two attached hydrogens (primary N) is 1. The highest BCUT2D eigenvalue weighted by molar-refractivity contribution is 5.96. The summed E-state index contributed by atoms with van der Waals surface area (Å²) in [6.45, 7) is 7.01. The van der Waals surface area contributed by atoms with Crippen LogP contribution in [0.4, 0.5) is 0 Å². The van der Waals surface area contributed by atoms with Crippen molar-refractivity contribution in [1.82, 2.24) is 4.90 Å². The van der Waals surface area contributed by atoms with Crippen molar-refractivity contribution in [3.05, 3.63) is 29.3 Å². The molecular weight excluding hydrogens is 256 g/mol. The van der Waals surface area contributed by atoms with E-state index in [1.54, 1.807) is 30.0 Å². The molecule has 1 fully saturated rings. The Morgan fingerprint density at radius 2 is 2.25 bits per heavy atom. The predicted octanol–water partition coefficient (Wildman–Crippen LogP) is 1.28. The molecule has 0 saturated carbocycles. The zero-order chi connectivity index (χ0) is 14.9. The molecule has 1 atom stereocenters. The molecule has 0 aliphatic carbocycles. The van der Waals surface area contributed by atoms with E-state index in [0.29, 0.717) is 30.8 Å². The summed E-state index contributed by atoms with van der Waals surface area (Å²) in [6.07, 6.45) is -0.152. The first-order valence-electron chi connectivity index (χ1n) is 6.80. The molecule has 1 unspecified atom stereocenters. The van der Waals surface area contributed by atoms with E-state index in [4.69, 9.17) is 10.5 Å². The van der Waals surface area contributed by atoms with Gasteiger partial charge in [-0.05, 0) is 32.9 Å². The van der Waals surface area contributed by atoms with Crippen molar-refractivity contribution in [2.75, 3.05) is 19.6 Å². The Bertz CT molecular complexity index is 514. The topological polar surface area (TPSA) is 75.8 Å². The average Bonchev–Trinajstić information content (AvgIpc) is 2.39. The van der Waals surface area contributed by atoms with Gasteiger partial charge >= 0.3 is 0 Å². The lowest BCUT2D eigenvalue weighted by Crippen LogP contribution is -2.56. The van der Waals surface area contributed by atoms with Gasteiger partial charge in [-0.25, -0.2) is 0 Å². The lowest BCUT2D eigenvalue weighted by Gasteiger charge is -2.42. The van der Waals surface area contributed by atoms with Crippen LogP contribution in [0.1, 0.15) is 29.8 Å². The van der Waals surface area contributed by atoms with E-state index >= 15 is 0 Å². The maximum atomic E-state index is 12.6. The zero-order valence-electron chi connectivity index (χ0n) is 12.2. The van der Waals surface area contributed by atoms with Gasteiger partial charge in [0, 0.05) is 30.8 Å². The number of aromatic hydroxyl groups is 1. The Morgan fingerprint density at radius 1 is 1.55 bits per heavy atom. The molecule has 1 amide bonds. The van der Waals surface area contributed by atoms with Gasteiger partial charge in [-0.2, -0.15) is 0 Å². The number of ether oxygens (including phenoxy) is 1. The van der Waals surface area contributed by atoms with Gasteiger partial charge in [0.1, 0.15) is 5.75 Å². The molecule has 1 heterocycles. The van der Waals surface area contributed by atoms with Crippen LogP contribution >= 0.6 is 0 Å². The molecule has 1 aliphatic rings. The second kappa shape index (κ2) is 5.42. The Labute approximate surface area is 119 Å². The standard InChI is InChI=1S/C15H22N2O3/c1-10-12(5-4-6-13(10)18)14(19)17-8-11(7-16)20-15(2,3)9-17/h4-6,11,18H,7-9,16H2,1-3H3. The number of hydrogen-bond acceptors (Lipinski definition) is 4. The number of carbonyl (C=O) groups excluding carboxylic acids is 1. The lowest BCUT2D eigenvalue weighted by molar-refractivity contribution is -0.122. The Balaban J connectivity index is 2.26. The molecule has 2 rings (SSSR count). The SMILES string of the molecule is Cc1c(O)cccc1C(=O)N1CC(CN)OC(C)(C)C1. The molecule has 3 N–H and O–H groups in total. The van der Waals surface area contributed by atoms with Crippen molar-refractivity contribution in [3.63, 3.8) is 0 Å². The van der Waals surface area contributed by atoms with E-state index in [9.17, 15) is 9.90 Å². The molecule has 0 bridgehead atoms. The number of carbonyl (C=O) groups is 1. The van der Waals surface area contributed by atoms with Crippen LogP contribution in [0.25, 0.3) is 0 Å². The fraction of sp³-hybridized carbons (Fsp3) is 0.533. The number of hydrogen-bond donors (Lipinski definition) is 2. The van der Waals surface area contributed by atoms with Crippen molar-refractivity contribution >= 4 is 5.91 Å². The first kappa shape index (κ1) is 14.8. The zero-order valence-corrected chi connectivity index (χ0v) is 12.2.